The van der Waals surface area contributed by atoms with Crippen LogP contribution in [0.2, 0.25) is 5.02 Å². The lowest BCUT2D eigenvalue weighted by atomic mass is 9.76. The summed E-state index contributed by atoms with van der Waals surface area (Å²) in [6.45, 7) is 7.31. The van der Waals surface area contributed by atoms with Gasteiger partial charge in [-0.05, 0) is 79.6 Å². The number of allylic oxidation sites excluding steroid dienone is 2. The van der Waals surface area contributed by atoms with Gasteiger partial charge in [-0.1, -0.05) is 60.5 Å². The Morgan fingerprint density at radius 1 is 1.06 bits per heavy atom. The summed E-state index contributed by atoms with van der Waals surface area (Å²) in [5, 5.41) is 4.35. The number of hydrogen-bond acceptors (Lipinski definition) is 4. The van der Waals surface area contributed by atoms with Crippen molar-refractivity contribution in [2.45, 2.75) is 45.6 Å². The number of ether oxygens (including phenoxy) is 2. The topological polar surface area (TPSA) is 42.8 Å². The first-order chi connectivity index (χ1) is 17.6. The Hall–Kier alpha value is -3.24. The van der Waals surface area contributed by atoms with E-state index in [1.165, 1.54) is 22.4 Å². The van der Waals surface area contributed by atoms with Crippen molar-refractivity contribution in [3.63, 3.8) is 0 Å². The number of halogens is 1. The largest absolute Gasteiger partial charge is 0.490 e. The predicted molar refractivity (Wildman–Crippen MR) is 150 cm³/mol. The van der Waals surface area contributed by atoms with E-state index in [1.54, 1.807) is 0 Å². The highest BCUT2D eigenvalue weighted by molar-refractivity contribution is 6.32. The highest BCUT2D eigenvalue weighted by Gasteiger charge is 2.37. The molecular weight excluding hydrogens is 468 g/mol. The number of rotatable bonds is 8. The molecule has 36 heavy (non-hydrogen) atoms. The van der Waals surface area contributed by atoms with Gasteiger partial charge in [0, 0.05) is 17.8 Å². The van der Waals surface area contributed by atoms with Crippen LogP contribution in [0.5, 0.6) is 11.5 Å². The molecule has 5 rings (SSSR count). The number of nitrogens with zero attached hydrogens (tertiary/aromatic N) is 1. The lowest BCUT2D eigenvalue weighted by Gasteiger charge is -2.37. The van der Waals surface area contributed by atoms with E-state index in [0.717, 1.165) is 24.1 Å². The van der Waals surface area contributed by atoms with E-state index in [9.17, 15) is 0 Å². The van der Waals surface area contributed by atoms with Gasteiger partial charge in [-0.2, -0.15) is 0 Å². The lowest BCUT2D eigenvalue weighted by Crippen LogP contribution is -2.29. The summed E-state index contributed by atoms with van der Waals surface area (Å²) in [6, 6.07) is 19.4. The van der Waals surface area contributed by atoms with E-state index in [2.05, 4.69) is 73.8 Å². The minimum absolute atomic E-state index is 0.279. The average Bonchev–Trinajstić information content (AvgIpc) is 3.38. The van der Waals surface area contributed by atoms with E-state index in [-0.39, 0.29) is 6.04 Å². The first-order valence-electron chi connectivity index (χ1n) is 12.8. The molecule has 3 aromatic rings. The van der Waals surface area contributed by atoms with Crippen LogP contribution in [0.4, 0.5) is 11.4 Å². The number of aliphatic imine (C=N–C) groups is 1. The van der Waals surface area contributed by atoms with Crippen LogP contribution in [0.25, 0.3) is 0 Å². The first-order valence-corrected chi connectivity index (χ1v) is 13.2. The SMILES string of the molecule is CCCOc1c(Cl)cc(C=Nc2ccc([C@@H]3Nc4ccc(C)cc4[C@H]4C=CC[C@@H]43)cc2)cc1OCC. The van der Waals surface area contributed by atoms with Crippen molar-refractivity contribution in [3.8, 4) is 11.5 Å². The molecule has 2 aliphatic rings. The van der Waals surface area contributed by atoms with Crippen LogP contribution in [0.15, 0.2) is 71.7 Å². The first kappa shape index (κ1) is 24.5. The van der Waals surface area contributed by atoms with Gasteiger partial charge in [-0.3, -0.25) is 4.99 Å². The molecule has 0 saturated heterocycles. The van der Waals surface area contributed by atoms with E-state index in [4.69, 9.17) is 26.1 Å². The van der Waals surface area contributed by atoms with Gasteiger partial charge < -0.3 is 14.8 Å². The Kier molecular flexibility index (Phi) is 7.33. The number of benzene rings is 3. The molecule has 5 heteroatoms. The molecule has 1 N–H and O–H groups in total. The quantitative estimate of drug-likeness (QED) is 0.249. The second kappa shape index (κ2) is 10.8. The van der Waals surface area contributed by atoms with Crippen molar-refractivity contribution >= 4 is 29.2 Å². The molecule has 0 spiro atoms. The predicted octanol–water partition coefficient (Wildman–Crippen LogP) is 8.41. The summed E-state index contributed by atoms with van der Waals surface area (Å²) in [5.41, 5.74) is 7.03. The number of fused-ring (bicyclic) bond motifs is 3. The normalized spacial score (nSPS) is 20.2. The molecule has 3 atom stereocenters. The maximum Gasteiger partial charge on any atom is 0.179 e. The Balaban J connectivity index is 1.34. The van der Waals surface area contributed by atoms with E-state index in [0.29, 0.717) is 41.6 Å². The van der Waals surface area contributed by atoms with Crippen LogP contribution >= 0.6 is 11.6 Å². The van der Waals surface area contributed by atoms with Crippen molar-refractivity contribution < 1.29 is 9.47 Å². The van der Waals surface area contributed by atoms with Gasteiger partial charge in [-0.15, -0.1) is 0 Å². The molecule has 4 nitrogen and oxygen atoms in total. The summed E-state index contributed by atoms with van der Waals surface area (Å²) < 4.78 is 11.6. The zero-order valence-electron chi connectivity index (χ0n) is 21.1. The van der Waals surface area contributed by atoms with Crippen molar-refractivity contribution in [2.24, 2.45) is 10.9 Å². The van der Waals surface area contributed by atoms with Crippen molar-refractivity contribution in [1.82, 2.24) is 0 Å². The molecule has 0 unspecified atom stereocenters. The van der Waals surface area contributed by atoms with Crippen LogP contribution in [0, 0.1) is 12.8 Å². The summed E-state index contributed by atoms with van der Waals surface area (Å²) in [4.78, 5) is 4.70. The third kappa shape index (κ3) is 5.01. The van der Waals surface area contributed by atoms with Crippen LogP contribution in [0.1, 0.15) is 60.9 Å². The maximum atomic E-state index is 6.50. The zero-order chi connectivity index (χ0) is 25.1. The summed E-state index contributed by atoms with van der Waals surface area (Å²) >= 11 is 6.50. The summed E-state index contributed by atoms with van der Waals surface area (Å²) in [5.74, 6) is 2.24. The van der Waals surface area contributed by atoms with E-state index < -0.39 is 0 Å². The third-order valence-electron chi connectivity index (χ3n) is 6.92. The summed E-state index contributed by atoms with van der Waals surface area (Å²) in [7, 11) is 0. The van der Waals surface area contributed by atoms with Gasteiger partial charge >= 0.3 is 0 Å². The summed E-state index contributed by atoms with van der Waals surface area (Å²) in [6.07, 6.45) is 8.54. The molecule has 1 heterocycles. The van der Waals surface area contributed by atoms with Gasteiger partial charge in [-0.25, -0.2) is 0 Å². The zero-order valence-corrected chi connectivity index (χ0v) is 21.9. The monoisotopic (exact) mass is 500 g/mol. The smallest absolute Gasteiger partial charge is 0.179 e. The van der Waals surface area contributed by atoms with Crippen LogP contribution in [0.3, 0.4) is 0 Å². The highest BCUT2D eigenvalue weighted by Crippen LogP contribution is 2.50. The standard InChI is InChI=1S/C31H33ClN2O2/c1-4-15-36-31-27(32)17-21(18-29(31)35-5-2)19-33-23-12-10-22(11-13-23)30-25-8-6-7-24(25)26-16-20(3)9-14-28(26)34-30/h6-7,9-14,16-19,24-25,30,34H,4-5,8,15H2,1-3H3/t24-,25-,30-/m0/s1. The molecule has 1 aliphatic carbocycles. The van der Waals surface area contributed by atoms with Gasteiger partial charge in [0.05, 0.1) is 30.0 Å². The van der Waals surface area contributed by atoms with Crippen LogP contribution < -0.4 is 14.8 Å². The molecule has 0 radical (unpaired) electrons. The van der Waals surface area contributed by atoms with Gasteiger partial charge in [0.25, 0.3) is 0 Å². The molecule has 186 valence electrons. The van der Waals surface area contributed by atoms with Crippen molar-refractivity contribution in [1.29, 1.82) is 0 Å². The van der Waals surface area contributed by atoms with Crippen LogP contribution in [-0.4, -0.2) is 19.4 Å². The maximum absolute atomic E-state index is 6.50. The van der Waals surface area contributed by atoms with Gasteiger partial charge in [0.1, 0.15) is 0 Å². The average molecular weight is 501 g/mol. The molecule has 0 amide bonds. The number of aryl methyl sites for hydroxylation is 1. The fourth-order valence-corrected chi connectivity index (χ4v) is 5.50. The van der Waals surface area contributed by atoms with Crippen LogP contribution in [-0.2, 0) is 0 Å². The Labute approximate surface area is 219 Å². The highest BCUT2D eigenvalue weighted by atomic mass is 35.5. The molecule has 0 aromatic heterocycles. The molecular formula is C31H33ClN2O2. The Morgan fingerprint density at radius 2 is 1.89 bits per heavy atom. The molecule has 0 saturated carbocycles. The number of nitrogens with one attached hydrogen (secondary N) is 1. The minimum atomic E-state index is 0.279. The van der Waals surface area contributed by atoms with E-state index >= 15 is 0 Å². The number of anilines is 1. The molecule has 1 aliphatic heterocycles. The van der Waals surface area contributed by atoms with E-state index in [1.807, 2.05) is 25.3 Å². The Morgan fingerprint density at radius 3 is 2.67 bits per heavy atom. The second-order valence-electron chi connectivity index (χ2n) is 9.53. The van der Waals surface area contributed by atoms with Gasteiger partial charge in [0.2, 0.25) is 0 Å². The van der Waals surface area contributed by atoms with Crippen molar-refractivity contribution in [2.75, 3.05) is 18.5 Å². The second-order valence-corrected chi connectivity index (χ2v) is 9.93. The van der Waals surface area contributed by atoms with Crippen molar-refractivity contribution in [3.05, 3.63) is 94.0 Å². The molecule has 3 aromatic carbocycles. The molecule has 0 bridgehead atoms. The number of hydrogen-bond donors (Lipinski definition) is 1. The third-order valence-corrected chi connectivity index (χ3v) is 7.20. The fourth-order valence-electron chi connectivity index (χ4n) is 5.23. The fraction of sp³-hybridized carbons (Fsp3) is 0.323. The Bertz CT molecular complexity index is 1280. The minimum Gasteiger partial charge on any atom is -0.490 e. The lowest BCUT2D eigenvalue weighted by molar-refractivity contribution is 0.277. The van der Waals surface area contributed by atoms with Gasteiger partial charge in [0.15, 0.2) is 11.5 Å². The molecule has 0 fully saturated rings.